The number of halogens is 6. The summed E-state index contributed by atoms with van der Waals surface area (Å²) in [4.78, 5) is 10.9. The van der Waals surface area contributed by atoms with Crippen LogP contribution < -0.4 is 5.48 Å². The summed E-state index contributed by atoms with van der Waals surface area (Å²) in [7, 11) is 0. The first kappa shape index (κ1) is 17.2. The highest BCUT2D eigenvalue weighted by Gasteiger charge is 2.59. The zero-order chi connectivity index (χ0) is 18.3. The van der Waals surface area contributed by atoms with Gasteiger partial charge in [0.25, 0.3) is 11.5 Å². The normalized spacial score (nSPS) is 20.7. The number of nitrogens with zero attached hydrogens (tertiary/aromatic N) is 4. The lowest BCUT2D eigenvalue weighted by molar-refractivity contribution is -0.212. The van der Waals surface area contributed by atoms with Crippen LogP contribution in [-0.4, -0.2) is 27.3 Å². The molecule has 134 valence electrons. The molecule has 1 aromatic heterocycles. The molecule has 2 aromatic rings. The van der Waals surface area contributed by atoms with Gasteiger partial charge in [0.05, 0.1) is 6.54 Å². The fourth-order valence-corrected chi connectivity index (χ4v) is 2.21. The van der Waals surface area contributed by atoms with Gasteiger partial charge in [-0.3, -0.25) is 0 Å². The highest BCUT2D eigenvalue weighted by Crippen LogP contribution is 2.41. The summed E-state index contributed by atoms with van der Waals surface area (Å²) in [6.45, 7) is -0.0877. The Morgan fingerprint density at radius 2 is 1.76 bits per heavy atom. The minimum atomic E-state index is -4.75. The zero-order valence-corrected chi connectivity index (χ0v) is 12.1. The van der Waals surface area contributed by atoms with Crippen LogP contribution in [0.5, 0.6) is 0 Å². The van der Waals surface area contributed by atoms with Crippen LogP contribution in [0, 0.1) is 0 Å². The molecule has 1 N–H and O–H groups in total. The second-order valence-electron chi connectivity index (χ2n) is 5.12. The highest BCUT2D eigenvalue weighted by atomic mass is 19.4. The van der Waals surface area contributed by atoms with Crippen molar-refractivity contribution in [1.29, 1.82) is 0 Å². The Kier molecular flexibility index (Phi) is 3.94. The van der Waals surface area contributed by atoms with Crippen molar-refractivity contribution in [2.24, 2.45) is 4.99 Å². The number of hydrogen-bond acceptors (Lipinski definition) is 5. The molecule has 1 unspecified atom stereocenters. The molecule has 0 bridgehead atoms. The summed E-state index contributed by atoms with van der Waals surface area (Å²) in [5, 5.41) is 3.27. The van der Waals surface area contributed by atoms with Crippen molar-refractivity contribution < 1.29 is 31.2 Å². The predicted molar refractivity (Wildman–Crippen MR) is 71.0 cm³/mol. The number of aliphatic imine (C=N–C) groups is 1. The van der Waals surface area contributed by atoms with Crippen LogP contribution in [0.2, 0.25) is 0 Å². The van der Waals surface area contributed by atoms with E-state index >= 15 is 0 Å². The Hall–Kier alpha value is -2.63. The third-order valence-corrected chi connectivity index (χ3v) is 3.42. The van der Waals surface area contributed by atoms with E-state index in [1.807, 2.05) is 5.48 Å². The molecule has 12 heteroatoms. The van der Waals surface area contributed by atoms with E-state index in [1.54, 1.807) is 0 Å². The second-order valence-corrected chi connectivity index (χ2v) is 5.12. The SMILES string of the molecule is FC(F)(F)c1ncn(Cc2ccc(C3(C(F)(F)F)N=CON3)cc2)n1. The summed E-state index contributed by atoms with van der Waals surface area (Å²) in [6.07, 6.45) is -7.88. The van der Waals surface area contributed by atoms with E-state index in [1.165, 1.54) is 12.1 Å². The van der Waals surface area contributed by atoms with Crippen LogP contribution in [0.4, 0.5) is 26.3 Å². The van der Waals surface area contributed by atoms with Crippen LogP contribution in [0.3, 0.4) is 0 Å². The molecule has 0 radical (unpaired) electrons. The smallest absolute Gasteiger partial charge is 0.394 e. The number of alkyl halides is 6. The Labute approximate surface area is 136 Å². The average molecular weight is 365 g/mol. The molecular weight excluding hydrogens is 356 g/mol. The monoisotopic (exact) mass is 365 g/mol. The van der Waals surface area contributed by atoms with Crippen LogP contribution in [0.1, 0.15) is 17.0 Å². The van der Waals surface area contributed by atoms with Crippen molar-refractivity contribution in [2.45, 2.75) is 24.6 Å². The van der Waals surface area contributed by atoms with Gasteiger partial charge in [0.1, 0.15) is 6.33 Å². The molecule has 25 heavy (non-hydrogen) atoms. The van der Waals surface area contributed by atoms with E-state index < -0.39 is 23.8 Å². The van der Waals surface area contributed by atoms with Gasteiger partial charge in [0.2, 0.25) is 0 Å². The molecule has 6 nitrogen and oxygen atoms in total. The molecule has 1 atom stereocenters. The van der Waals surface area contributed by atoms with E-state index in [-0.39, 0.29) is 12.1 Å². The summed E-state index contributed by atoms with van der Waals surface area (Å²) in [5.74, 6) is -1.29. The van der Waals surface area contributed by atoms with Crippen molar-refractivity contribution in [3.05, 3.63) is 47.5 Å². The van der Waals surface area contributed by atoms with E-state index in [0.717, 1.165) is 23.1 Å². The lowest BCUT2D eigenvalue weighted by Crippen LogP contribution is -2.49. The van der Waals surface area contributed by atoms with Gasteiger partial charge in [-0.1, -0.05) is 24.3 Å². The third-order valence-electron chi connectivity index (χ3n) is 3.42. The number of rotatable bonds is 3. The number of benzene rings is 1. The van der Waals surface area contributed by atoms with E-state index in [0.29, 0.717) is 12.0 Å². The Balaban J connectivity index is 1.81. The first-order valence-corrected chi connectivity index (χ1v) is 6.71. The van der Waals surface area contributed by atoms with Crippen LogP contribution in [0.25, 0.3) is 0 Å². The summed E-state index contributed by atoms with van der Waals surface area (Å²) < 4.78 is 78.1. The zero-order valence-electron chi connectivity index (χ0n) is 12.1. The fraction of sp³-hybridized carbons (Fsp3) is 0.308. The largest absolute Gasteiger partial charge is 0.453 e. The maximum Gasteiger partial charge on any atom is 0.453 e. The Bertz CT molecular complexity index is 781. The number of nitrogens with one attached hydrogen (secondary N) is 1. The van der Waals surface area contributed by atoms with Crippen LogP contribution >= 0.6 is 0 Å². The topological polar surface area (TPSA) is 64.3 Å². The first-order chi connectivity index (χ1) is 11.6. The molecule has 2 heterocycles. The summed E-state index contributed by atoms with van der Waals surface area (Å²) in [6, 6.07) is 4.97. The summed E-state index contributed by atoms with van der Waals surface area (Å²) >= 11 is 0. The van der Waals surface area contributed by atoms with E-state index in [9.17, 15) is 26.3 Å². The lowest BCUT2D eigenvalue weighted by atomic mass is 9.99. The molecule has 1 aromatic carbocycles. The van der Waals surface area contributed by atoms with Gasteiger partial charge in [-0.25, -0.2) is 14.7 Å². The third kappa shape index (κ3) is 3.16. The molecule has 0 fully saturated rings. The van der Waals surface area contributed by atoms with E-state index in [4.69, 9.17) is 0 Å². The lowest BCUT2D eigenvalue weighted by Gasteiger charge is -2.27. The minimum Gasteiger partial charge on any atom is -0.394 e. The molecule has 1 aliphatic rings. The standard InChI is InChI=1S/C13H9F6N5O/c14-12(15,16)10-20-6-24(22-10)5-8-1-3-9(4-2-8)11(13(17,18)19)21-7-25-23-11/h1-4,6-7,23H,5H2. The Morgan fingerprint density at radius 1 is 1.08 bits per heavy atom. The molecular formula is C13H9F6N5O. The van der Waals surface area contributed by atoms with Gasteiger partial charge in [0.15, 0.2) is 6.40 Å². The van der Waals surface area contributed by atoms with Crippen molar-refractivity contribution in [1.82, 2.24) is 20.2 Å². The van der Waals surface area contributed by atoms with Crippen molar-refractivity contribution in [3.8, 4) is 0 Å². The second kappa shape index (κ2) is 5.72. The van der Waals surface area contributed by atoms with E-state index in [2.05, 4.69) is 19.9 Å². The maximum atomic E-state index is 13.3. The summed E-state index contributed by atoms with van der Waals surface area (Å²) in [5.41, 5.74) is -0.701. The molecule has 0 spiro atoms. The van der Waals surface area contributed by atoms with Gasteiger partial charge in [-0.05, 0) is 5.56 Å². The quantitative estimate of drug-likeness (QED) is 0.850. The van der Waals surface area contributed by atoms with Crippen molar-refractivity contribution in [2.75, 3.05) is 0 Å². The van der Waals surface area contributed by atoms with Gasteiger partial charge in [0, 0.05) is 5.56 Å². The Morgan fingerprint density at radius 3 is 2.24 bits per heavy atom. The fourth-order valence-electron chi connectivity index (χ4n) is 2.21. The van der Waals surface area contributed by atoms with Gasteiger partial charge in [-0.2, -0.15) is 26.3 Å². The maximum absolute atomic E-state index is 13.3. The minimum absolute atomic E-state index is 0.0877. The molecule has 3 rings (SSSR count). The van der Waals surface area contributed by atoms with Crippen LogP contribution in [0.15, 0.2) is 35.6 Å². The van der Waals surface area contributed by atoms with Crippen molar-refractivity contribution in [3.63, 3.8) is 0 Å². The first-order valence-electron chi connectivity index (χ1n) is 6.71. The number of hydroxylamine groups is 1. The number of aromatic nitrogens is 3. The predicted octanol–water partition coefficient (Wildman–Crippen LogP) is 2.62. The van der Waals surface area contributed by atoms with Gasteiger partial charge < -0.3 is 4.84 Å². The molecule has 0 saturated carbocycles. The van der Waals surface area contributed by atoms with Gasteiger partial charge >= 0.3 is 12.4 Å². The molecule has 0 saturated heterocycles. The molecule has 0 amide bonds. The molecule has 0 aliphatic carbocycles. The molecule has 1 aliphatic heterocycles. The number of hydrogen-bond donors (Lipinski definition) is 1. The van der Waals surface area contributed by atoms with Crippen LogP contribution in [-0.2, 0) is 23.2 Å². The highest BCUT2D eigenvalue weighted by molar-refractivity contribution is 5.51. The average Bonchev–Trinajstić information content (AvgIpc) is 3.16. The van der Waals surface area contributed by atoms with Gasteiger partial charge in [-0.15, -0.1) is 10.6 Å². The van der Waals surface area contributed by atoms with Crippen molar-refractivity contribution >= 4 is 6.40 Å².